The summed E-state index contributed by atoms with van der Waals surface area (Å²) < 4.78 is 5.19. The third-order valence-corrected chi connectivity index (χ3v) is 4.24. The predicted molar refractivity (Wildman–Crippen MR) is 109 cm³/mol. The number of carbonyl (C=O) groups excluding carboxylic acids is 1. The number of pyridine rings is 1. The lowest BCUT2D eigenvalue weighted by atomic mass is 10.2. The van der Waals surface area contributed by atoms with Crippen molar-refractivity contribution in [1.29, 1.82) is 0 Å². The van der Waals surface area contributed by atoms with E-state index in [0.29, 0.717) is 17.1 Å². The lowest BCUT2D eigenvalue weighted by molar-refractivity contribution is 0.102. The summed E-state index contributed by atoms with van der Waals surface area (Å²) in [7, 11) is 1.59. The Morgan fingerprint density at radius 2 is 1.85 bits per heavy atom. The van der Waals surface area contributed by atoms with E-state index in [2.05, 4.69) is 47.2 Å². The summed E-state index contributed by atoms with van der Waals surface area (Å²) in [6, 6.07) is 19.2. The number of aromatic nitrogens is 1. The molecule has 0 bridgehead atoms. The molecule has 0 spiro atoms. The highest BCUT2D eigenvalue weighted by Crippen LogP contribution is 2.26. The Balaban J connectivity index is 1.84. The Labute approximate surface area is 159 Å². The molecule has 3 aromatic rings. The highest BCUT2D eigenvalue weighted by atomic mass is 16.5. The average molecular weight is 361 g/mol. The lowest BCUT2D eigenvalue weighted by Crippen LogP contribution is -2.18. The summed E-state index contributed by atoms with van der Waals surface area (Å²) in [6.07, 6.45) is 1.66. The Morgan fingerprint density at radius 1 is 1.07 bits per heavy atom. The topological polar surface area (TPSA) is 54.5 Å². The van der Waals surface area contributed by atoms with Crippen molar-refractivity contribution in [2.24, 2.45) is 0 Å². The number of rotatable bonds is 6. The van der Waals surface area contributed by atoms with Gasteiger partial charge in [-0.25, -0.2) is 0 Å². The van der Waals surface area contributed by atoms with E-state index in [1.165, 1.54) is 5.56 Å². The number of anilines is 3. The van der Waals surface area contributed by atoms with Crippen molar-refractivity contribution in [2.45, 2.75) is 13.8 Å². The fourth-order valence-electron chi connectivity index (χ4n) is 2.92. The van der Waals surface area contributed by atoms with Crippen molar-refractivity contribution in [3.05, 3.63) is 78.1 Å². The first kappa shape index (κ1) is 18.5. The van der Waals surface area contributed by atoms with Crippen molar-refractivity contribution in [3.63, 3.8) is 0 Å². The van der Waals surface area contributed by atoms with Crippen LogP contribution >= 0.6 is 0 Å². The monoisotopic (exact) mass is 361 g/mol. The zero-order chi connectivity index (χ0) is 19.2. The van der Waals surface area contributed by atoms with Crippen molar-refractivity contribution >= 4 is 23.0 Å². The van der Waals surface area contributed by atoms with E-state index in [0.717, 1.165) is 17.9 Å². The highest BCUT2D eigenvalue weighted by Gasteiger charge is 2.13. The van der Waals surface area contributed by atoms with E-state index in [1.54, 1.807) is 25.4 Å². The minimum atomic E-state index is -0.259. The fraction of sp³-hybridized carbons (Fsp3) is 0.182. The highest BCUT2D eigenvalue weighted by molar-refractivity contribution is 6.03. The zero-order valence-corrected chi connectivity index (χ0v) is 15.8. The summed E-state index contributed by atoms with van der Waals surface area (Å²) in [5, 5.41) is 2.87. The molecular weight excluding hydrogens is 338 g/mol. The van der Waals surface area contributed by atoms with E-state index >= 15 is 0 Å². The smallest absolute Gasteiger partial charge is 0.274 e. The normalized spacial score (nSPS) is 10.3. The second-order valence-corrected chi connectivity index (χ2v) is 6.17. The second kappa shape index (κ2) is 8.36. The van der Waals surface area contributed by atoms with Gasteiger partial charge >= 0.3 is 0 Å². The van der Waals surface area contributed by atoms with Crippen LogP contribution in [0.25, 0.3) is 0 Å². The van der Waals surface area contributed by atoms with Gasteiger partial charge in [-0.3, -0.25) is 9.78 Å². The molecule has 0 unspecified atom stereocenters. The van der Waals surface area contributed by atoms with Gasteiger partial charge in [-0.1, -0.05) is 18.2 Å². The molecule has 0 atom stereocenters. The minimum absolute atomic E-state index is 0.259. The largest absolute Gasteiger partial charge is 0.497 e. The molecule has 1 N–H and O–H groups in total. The van der Waals surface area contributed by atoms with E-state index in [4.69, 9.17) is 4.74 Å². The van der Waals surface area contributed by atoms with Crippen LogP contribution in [0.2, 0.25) is 0 Å². The van der Waals surface area contributed by atoms with Crippen LogP contribution in [0.3, 0.4) is 0 Å². The number of aryl methyl sites for hydroxylation is 1. The van der Waals surface area contributed by atoms with Crippen LogP contribution in [0.4, 0.5) is 17.1 Å². The van der Waals surface area contributed by atoms with Crippen LogP contribution in [0.1, 0.15) is 23.0 Å². The quantitative estimate of drug-likeness (QED) is 0.685. The Bertz CT molecular complexity index is 940. The number of nitrogens with one attached hydrogen (secondary N) is 1. The first-order chi connectivity index (χ1) is 13.1. The van der Waals surface area contributed by atoms with E-state index < -0.39 is 0 Å². The van der Waals surface area contributed by atoms with Gasteiger partial charge in [0.25, 0.3) is 5.91 Å². The molecule has 0 fully saturated rings. The molecule has 27 heavy (non-hydrogen) atoms. The summed E-state index contributed by atoms with van der Waals surface area (Å²) in [4.78, 5) is 19.0. The number of methoxy groups -OCH3 is 1. The van der Waals surface area contributed by atoms with Crippen LogP contribution < -0.4 is 15.0 Å². The van der Waals surface area contributed by atoms with Gasteiger partial charge in [-0.05, 0) is 55.8 Å². The molecule has 5 heteroatoms. The molecule has 0 radical (unpaired) electrons. The van der Waals surface area contributed by atoms with Gasteiger partial charge in [0.2, 0.25) is 0 Å². The molecule has 0 aliphatic rings. The van der Waals surface area contributed by atoms with Gasteiger partial charge in [0.05, 0.1) is 7.11 Å². The fourth-order valence-corrected chi connectivity index (χ4v) is 2.92. The van der Waals surface area contributed by atoms with Crippen molar-refractivity contribution in [3.8, 4) is 5.75 Å². The number of nitrogens with zero attached hydrogens (tertiary/aromatic N) is 2. The summed E-state index contributed by atoms with van der Waals surface area (Å²) >= 11 is 0. The van der Waals surface area contributed by atoms with Crippen LogP contribution in [0.15, 0.2) is 66.9 Å². The zero-order valence-electron chi connectivity index (χ0n) is 15.8. The molecule has 1 aromatic heterocycles. The van der Waals surface area contributed by atoms with E-state index in [1.807, 2.05) is 30.3 Å². The molecular formula is C22H23N3O2. The SMILES string of the molecule is CCN(c1cccc(C)c1)c1ccnc(C(=O)Nc2cccc(OC)c2)c1. The van der Waals surface area contributed by atoms with Crippen molar-refractivity contribution < 1.29 is 9.53 Å². The number of hydrogen-bond donors (Lipinski definition) is 1. The van der Waals surface area contributed by atoms with Crippen LogP contribution in [0, 0.1) is 6.92 Å². The molecule has 3 rings (SSSR count). The van der Waals surface area contributed by atoms with E-state index in [-0.39, 0.29) is 5.91 Å². The van der Waals surface area contributed by atoms with Gasteiger partial charge < -0.3 is 15.0 Å². The van der Waals surface area contributed by atoms with Gasteiger partial charge in [-0.2, -0.15) is 0 Å². The van der Waals surface area contributed by atoms with Gasteiger partial charge in [-0.15, -0.1) is 0 Å². The van der Waals surface area contributed by atoms with Crippen molar-refractivity contribution in [2.75, 3.05) is 23.9 Å². The van der Waals surface area contributed by atoms with Crippen LogP contribution in [-0.2, 0) is 0 Å². The molecule has 0 aliphatic heterocycles. The van der Waals surface area contributed by atoms with Gasteiger partial charge in [0, 0.05) is 35.9 Å². The average Bonchev–Trinajstić information content (AvgIpc) is 2.69. The second-order valence-electron chi connectivity index (χ2n) is 6.17. The van der Waals surface area contributed by atoms with Crippen molar-refractivity contribution in [1.82, 2.24) is 4.98 Å². The first-order valence-electron chi connectivity index (χ1n) is 8.86. The summed E-state index contributed by atoms with van der Waals surface area (Å²) in [6.45, 7) is 4.93. The maximum atomic E-state index is 12.6. The Hall–Kier alpha value is -3.34. The lowest BCUT2D eigenvalue weighted by Gasteiger charge is -2.24. The molecule has 1 amide bonds. The molecule has 0 aliphatic carbocycles. The Morgan fingerprint density at radius 3 is 2.59 bits per heavy atom. The summed E-state index contributed by atoms with van der Waals surface area (Å²) in [5.41, 5.74) is 4.23. The number of ether oxygens (including phenoxy) is 1. The molecule has 2 aromatic carbocycles. The first-order valence-corrected chi connectivity index (χ1v) is 8.86. The molecule has 1 heterocycles. The molecule has 5 nitrogen and oxygen atoms in total. The van der Waals surface area contributed by atoms with Gasteiger partial charge in [0.1, 0.15) is 11.4 Å². The third kappa shape index (κ3) is 4.44. The maximum Gasteiger partial charge on any atom is 0.274 e. The summed E-state index contributed by atoms with van der Waals surface area (Å²) in [5.74, 6) is 0.427. The minimum Gasteiger partial charge on any atom is -0.497 e. The van der Waals surface area contributed by atoms with Crippen LogP contribution in [-0.4, -0.2) is 24.5 Å². The van der Waals surface area contributed by atoms with Crippen LogP contribution in [0.5, 0.6) is 5.75 Å². The molecule has 0 saturated carbocycles. The number of carbonyl (C=O) groups is 1. The van der Waals surface area contributed by atoms with Gasteiger partial charge in [0.15, 0.2) is 0 Å². The standard InChI is InChI=1S/C22H23N3O2/c1-4-25(18-9-5-7-16(2)13-18)19-11-12-23-21(15-19)22(26)24-17-8-6-10-20(14-17)27-3/h5-15H,4H2,1-3H3,(H,24,26). The number of amides is 1. The van der Waals surface area contributed by atoms with E-state index in [9.17, 15) is 4.79 Å². The molecule has 138 valence electrons. The molecule has 0 saturated heterocycles. The predicted octanol–water partition coefficient (Wildman–Crippen LogP) is 4.81. The third-order valence-electron chi connectivity index (χ3n) is 4.24. The number of hydrogen-bond acceptors (Lipinski definition) is 4. The maximum absolute atomic E-state index is 12.6. The number of benzene rings is 2. The Kier molecular flexibility index (Phi) is 5.71.